The van der Waals surface area contributed by atoms with Gasteiger partial charge in [0, 0.05) is 23.1 Å². The summed E-state index contributed by atoms with van der Waals surface area (Å²) in [6.45, 7) is 3.32. The number of amides is 1. The fourth-order valence-electron chi connectivity index (χ4n) is 2.65. The lowest BCUT2D eigenvalue weighted by atomic mass is 10.1. The van der Waals surface area contributed by atoms with Crippen LogP contribution in [0.1, 0.15) is 20.9 Å². The van der Waals surface area contributed by atoms with E-state index in [1.54, 1.807) is 11.3 Å². The van der Waals surface area contributed by atoms with Crippen molar-refractivity contribution < 1.29 is 14.3 Å². The number of rotatable bonds is 4. The Bertz CT molecular complexity index is 903. The van der Waals surface area contributed by atoms with Crippen LogP contribution < -0.4 is 14.8 Å². The normalized spacial score (nSPS) is 12.8. The van der Waals surface area contributed by atoms with E-state index in [2.05, 4.69) is 10.3 Å². The number of thiophene rings is 1. The van der Waals surface area contributed by atoms with E-state index in [1.165, 1.54) is 11.3 Å². The molecule has 3 heterocycles. The number of ether oxygens (including phenoxy) is 2. The van der Waals surface area contributed by atoms with Crippen LogP contribution >= 0.6 is 22.7 Å². The molecule has 0 bridgehead atoms. The van der Waals surface area contributed by atoms with Crippen LogP contribution in [0.25, 0.3) is 10.6 Å². The first-order valence-corrected chi connectivity index (χ1v) is 9.64. The summed E-state index contributed by atoms with van der Waals surface area (Å²) in [6.07, 6.45) is 0. The fourth-order valence-corrected chi connectivity index (χ4v) is 4.34. The molecule has 25 heavy (non-hydrogen) atoms. The summed E-state index contributed by atoms with van der Waals surface area (Å²) in [6, 6.07) is 7.73. The Kier molecular flexibility index (Phi) is 4.42. The van der Waals surface area contributed by atoms with Crippen LogP contribution in [0.5, 0.6) is 11.5 Å². The van der Waals surface area contributed by atoms with E-state index in [0.29, 0.717) is 30.4 Å². The third kappa shape index (κ3) is 3.25. The minimum absolute atomic E-state index is 0.120. The number of para-hydroxylation sites is 1. The predicted molar refractivity (Wildman–Crippen MR) is 98.8 cm³/mol. The zero-order valence-corrected chi connectivity index (χ0v) is 15.2. The molecule has 3 aromatic rings. The molecule has 0 aliphatic carbocycles. The van der Waals surface area contributed by atoms with Gasteiger partial charge < -0.3 is 14.8 Å². The van der Waals surface area contributed by atoms with Crippen molar-refractivity contribution in [1.29, 1.82) is 0 Å². The topological polar surface area (TPSA) is 60.5 Å². The van der Waals surface area contributed by atoms with Gasteiger partial charge in [-0.25, -0.2) is 4.98 Å². The SMILES string of the molecule is Cc1nc(-c2ccsc2)sc1C(=O)NCc1cccc2c1OCCO2. The lowest BCUT2D eigenvalue weighted by molar-refractivity contribution is 0.0953. The Balaban J connectivity index is 1.50. The predicted octanol–water partition coefficient (Wildman–Crippen LogP) is 3.88. The lowest BCUT2D eigenvalue weighted by Gasteiger charge is -2.21. The number of aromatic nitrogens is 1. The Morgan fingerprint density at radius 3 is 3.00 bits per heavy atom. The Hall–Kier alpha value is -2.38. The highest BCUT2D eigenvalue weighted by Crippen LogP contribution is 2.34. The van der Waals surface area contributed by atoms with E-state index in [-0.39, 0.29) is 5.91 Å². The van der Waals surface area contributed by atoms with Crippen molar-refractivity contribution in [1.82, 2.24) is 10.3 Å². The highest BCUT2D eigenvalue weighted by molar-refractivity contribution is 7.17. The average molecular weight is 372 g/mol. The van der Waals surface area contributed by atoms with Crippen LogP contribution in [0.4, 0.5) is 0 Å². The number of nitrogens with one attached hydrogen (secondary N) is 1. The summed E-state index contributed by atoms with van der Waals surface area (Å²) in [4.78, 5) is 17.7. The molecule has 0 saturated heterocycles. The van der Waals surface area contributed by atoms with Crippen LogP contribution in [0.15, 0.2) is 35.0 Å². The van der Waals surface area contributed by atoms with Gasteiger partial charge in [-0.3, -0.25) is 4.79 Å². The molecule has 0 radical (unpaired) electrons. The molecular weight excluding hydrogens is 356 g/mol. The van der Waals surface area contributed by atoms with Crippen LogP contribution in [0, 0.1) is 6.92 Å². The largest absolute Gasteiger partial charge is 0.486 e. The molecule has 128 valence electrons. The zero-order chi connectivity index (χ0) is 17.2. The van der Waals surface area contributed by atoms with Crippen molar-refractivity contribution in [2.24, 2.45) is 0 Å². The first-order valence-electron chi connectivity index (χ1n) is 7.88. The van der Waals surface area contributed by atoms with Crippen LogP contribution in [-0.4, -0.2) is 24.1 Å². The summed E-state index contributed by atoms with van der Waals surface area (Å²) >= 11 is 3.04. The van der Waals surface area contributed by atoms with E-state index >= 15 is 0 Å². The number of aryl methyl sites for hydroxylation is 1. The molecule has 0 atom stereocenters. The van der Waals surface area contributed by atoms with Gasteiger partial charge in [-0.15, -0.1) is 11.3 Å². The smallest absolute Gasteiger partial charge is 0.263 e. The Morgan fingerprint density at radius 1 is 1.28 bits per heavy atom. The zero-order valence-electron chi connectivity index (χ0n) is 13.6. The van der Waals surface area contributed by atoms with Crippen molar-refractivity contribution in [2.45, 2.75) is 13.5 Å². The molecule has 2 aromatic heterocycles. The molecule has 5 nitrogen and oxygen atoms in total. The van der Waals surface area contributed by atoms with Gasteiger partial charge in [-0.05, 0) is 24.4 Å². The highest BCUT2D eigenvalue weighted by atomic mass is 32.1. The molecule has 1 aromatic carbocycles. The highest BCUT2D eigenvalue weighted by Gasteiger charge is 2.19. The van der Waals surface area contributed by atoms with Crippen molar-refractivity contribution in [2.75, 3.05) is 13.2 Å². The van der Waals surface area contributed by atoms with E-state index < -0.39 is 0 Å². The number of nitrogens with zero attached hydrogens (tertiary/aromatic N) is 1. The van der Waals surface area contributed by atoms with Gasteiger partial charge in [0.15, 0.2) is 11.5 Å². The molecule has 0 spiro atoms. The average Bonchev–Trinajstić information content (AvgIpc) is 3.29. The minimum atomic E-state index is -0.120. The van der Waals surface area contributed by atoms with Gasteiger partial charge in [0.2, 0.25) is 0 Å². The molecule has 0 saturated carbocycles. The standard InChI is InChI=1S/C18H16N2O3S2/c1-11-16(25-18(20-11)13-5-8-24-10-13)17(21)19-9-12-3-2-4-14-15(12)23-7-6-22-14/h2-5,8,10H,6-7,9H2,1H3,(H,19,21). The molecule has 1 aliphatic rings. The summed E-state index contributed by atoms with van der Waals surface area (Å²) in [5.41, 5.74) is 2.71. The fraction of sp³-hybridized carbons (Fsp3) is 0.222. The third-order valence-electron chi connectivity index (χ3n) is 3.86. The van der Waals surface area contributed by atoms with Gasteiger partial charge in [-0.2, -0.15) is 11.3 Å². The molecule has 7 heteroatoms. The van der Waals surface area contributed by atoms with Gasteiger partial charge in [0.1, 0.15) is 23.1 Å². The van der Waals surface area contributed by atoms with Crippen LogP contribution in [0.2, 0.25) is 0 Å². The second kappa shape index (κ2) is 6.85. The monoisotopic (exact) mass is 372 g/mol. The number of carbonyl (C=O) groups is 1. The molecule has 0 unspecified atom stereocenters. The summed E-state index contributed by atoms with van der Waals surface area (Å²) in [5, 5.41) is 7.88. The number of carbonyl (C=O) groups excluding carboxylic acids is 1. The molecule has 1 aliphatic heterocycles. The first-order chi connectivity index (χ1) is 12.2. The second-order valence-electron chi connectivity index (χ2n) is 5.57. The molecular formula is C18H16N2O3S2. The molecule has 1 amide bonds. The maximum absolute atomic E-state index is 12.6. The number of hydrogen-bond donors (Lipinski definition) is 1. The van der Waals surface area contributed by atoms with Crippen LogP contribution in [-0.2, 0) is 6.54 Å². The van der Waals surface area contributed by atoms with E-state index in [1.807, 2.05) is 41.9 Å². The van der Waals surface area contributed by atoms with Gasteiger partial charge in [0.25, 0.3) is 5.91 Å². The first kappa shape index (κ1) is 16.1. The Labute approximate surface area is 153 Å². The van der Waals surface area contributed by atoms with E-state index in [4.69, 9.17) is 9.47 Å². The third-order valence-corrected chi connectivity index (χ3v) is 5.75. The maximum Gasteiger partial charge on any atom is 0.263 e. The van der Waals surface area contributed by atoms with E-state index in [0.717, 1.165) is 27.6 Å². The minimum Gasteiger partial charge on any atom is -0.486 e. The van der Waals surface area contributed by atoms with Gasteiger partial charge in [-0.1, -0.05) is 12.1 Å². The quantitative estimate of drug-likeness (QED) is 0.755. The second-order valence-corrected chi connectivity index (χ2v) is 7.35. The lowest BCUT2D eigenvalue weighted by Crippen LogP contribution is -2.24. The number of fused-ring (bicyclic) bond motifs is 1. The number of benzene rings is 1. The summed E-state index contributed by atoms with van der Waals surface area (Å²) in [5.74, 6) is 1.33. The Morgan fingerprint density at radius 2 is 2.16 bits per heavy atom. The van der Waals surface area contributed by atoms with Crippen molar-refractivity contribution in [3.63, 3.8) is 0 Å². The van der Waals surface area contributed by atoms with Gasteiger partial charge in [0.05, 0.1) is 5.69 Å². The molecule has 4 rings (SSSR count). The van der Waals surface area contributed by atoms with E-state index in [9.17, 15) is 4.79 Å². The summed E-state index contributed by atoms with van der Waals surface area (Å²) < 4.78 is 11.3. The van der Waals surface area contributed by atoms with Crippen LogP contribution in [0.3, 0.4) is 0 Å². The maximum atomic E-state index is 12.6. The van der Waals surface area contributed by atoms with Gasteiger partial charge >= 0.3 is 0 Å². The van der Waals surface area contributed by atoms with Crippen molar-refractivity contribution in [3.05, 3.63) is 51.2 Å². The van der Waals surface area contributed by atoms with Crippen molar-refractivity contribution >= 4 is 28.6 Å². The van der Waals surface area contributed by atoms with Crippen molar-refractivity contribution in [3.8, 4) is 22.1 Å². The number of thiazole rings is 1. The summed E-state index contributed by atoms with van der Waals surface area (Å²) in [7, 11) is 0. The molecule has 0 fully saturated rings. The molecule has 1 N–H and O–H groups in total. The number of hydrogen-bond acceptors (Lipinski definition) is 6.